The second kappa shape index (κ2) is 6.50. The van der Waals surface area contributed by atoms with Crippen molar-refractivity contribution in [3.8, 4) is 17.2 Å². The van der Waals surface area contributed by atoms with Crippen molar-refractivity contribution in [2.45, 2.75) is 6.92 Å². The van der Waals surface area contributed by atoms with Gasteiger partial charge in [-0.15, -0.1) is 0 Å². The summed E-state index contributed by atoms with van der Waals surface area (Å²) in [6.45, 7) is 1.81. The molecular formula is C16H15ClO4. The number of carbonyl (C=O) groups is 1. The number of aryl methyl sites for hydroxylation is 1. The molecule has 0 unspecified atom stereocenters. The van der Waals surface area contributed by atoms with Gasteiger partial charge in [0.25, 0.3) is 0 Å². The first-order chi connectivity index (χ1) is 10.1. The van der Waals surface area contributed by atoms with E-state index >= 15 is 0 Å². The van der Waals surface area contributed by atoms with Gasteiger partial charge in [-0.25, -0.2) is 4.79 Å². The minimum absolute atomic E-state index is 0.247. The first-order valence-electron chi connectivity index (χ1n) is 6.26. The van der Waals surface area contributed by atoms with Crippen LogP contribution in [0.4, 0.5) is 0 Å². The Kier molecular flexibility index (Phi) is 4.70. The summed E-state index contributed by atoms with van der Waals surface area (Å²) >= 11 is 5.89. The Morgan fingerprint density at radius 2 is 1.62 bits per heavy atom. The Morgan fingerprint density at radius 1 is 1.00 bits per heavy atom. The third-order valence-electron chi connectivity index (χ3n) is 2.97. The van der Waals surface area contributed by atoms with E-state index in [9.17, 15) is 4.79 Å². The van der Waals surface area contributed by atoms with Gasteiger partial charge in [-0.1, -0.05) is 17.7 Å². The highest BCUT2D eigenvalue weighted by Gasteiger charge is 2.20. The van der Waals surface area contributed by atoms with E-state index < -0.39 is 5.97 Å². The molecule has 0 aliphatic heterocycles. The Labute approximate surface area is 128 Å². The molecule has 0 saturated carbocycles. The van der Waals surface area contributed by atoms with Crippen molar-refractivity contribution in [2.24, 2.45) is 0 Å². The zero-order valence-electron chi connectivity index (χ0n) is 12.0. The maximum Gasteiger partial charge on any atom is 0.351 e. The predicted octanol–water partition coefficient (Wildman–Crippen LogP) is 3.88. The number of hydrogen-bond donors (Lipinski definition) is 0. The molecular weight excluding hydrogens is 292 g/mol. The first-order valence-corrected chi connectivity index (χ1v) is 6.64. The normalized spacial score (nSPS) is 10.1. The van der Waals surface area contributed by atoms with Crippen LogP contribution in [0.3, 0.4) is 0 Å². The van der Waals surface area contributed by atoms with Crippen molar-refractivity contribution in [3.05, 3.63) is 52.5 Å². The van der Waals surface area contributed by atoms with Crippen LogP contribution in [0.25, 0.3) is 0 Å². The summed E-state index contributed by atoms with van der Waals surface area (Å²) < 4.78 is 15.8. The molecule has 5 heteroatoms. The largest absolute Gasteiger partial charge is 0.496 e. The molecule has 110 valence electrons. The Bertz CT molecular complexity index is 645. The quantitative estimate of drug-likeness (QED) is 0.635. The molecule has 0 aromatic heterocycles. The van der Waals surface area contributed by atoms with Gasteiger partial charge in [0.1, 0.15) is 22.8 Å². The van der Waals surface area contributed by atoms with Crippen molar-refractivity contribution in [2.75, 3.05) is 14.2 Å². The molecule has 0 saturated heterocycles. The molecule has 0 spiro atoms. The number of rotatable bonds is 4. The number of halogens is 1. The number of carbonyl (C=O) groups excluding carboxylic acids is 1. The van der Waals surface area contributed by atoms with Crippen molar-refractivity contribution >= 4 is 17.6 Å². The topological polar surface area (TPSA) is 44.8 Å². The van der Waals surface area contributed by atoms with E-state index in [1.807, 2.05) is 6.92 Å². The molecule has 0 atom stereocenters. The third kappa shape index (κ3) is 3.28. The molecule has 2 aromatic rings. The van der Waals surface area contributed by atoms with Gasteiger partial charge in [-0.05, 0) is 42.8 Å². The van der Waals surface area contributed by atoms with Crippen LogP contribution in [-0.4, -0.2) is 20.2 Å². The highest BCUT2D eigenvalue weighted by molar-refractivity contribution is 6.30. The van der Waals surface area contributed by atoms with Crippen molar-refractivity contribution < 1.29 is 19.0 Å². The fourth-order valence-corrected chi connectivity index (χ4v) is 2.16. The summed E-state index contributed by atoms with van der Waals surface area (Å²) in [7, 11) is 2.97. The third-order valence-corrected chi connectivity index (χ3v) is 3.21. The summed E-state index contributed by atoms with van der Waals surface area (Å²) in [5.74, 6) is 0.684. The number of hydrogen-bond acceptors (Lipinski definition) is 4. The van der Waals surface area contributed by atoms with Gasteiger partial charge < -0.3 is 14.2 Å². The summed E-state index contributed by atoms with van der Waals surface area (Å²) in [5, 5.41) is 0.585. The molecule has 2 aromatic carbocycles. The van der Waals surface area contributed by atoms with Crippen molar-refractivity contribution in [1.29, 1.82) is 0 Å². The van der Waals surface area contributed by atoms with Gasteiger partial charge >= 0.3 is 5.97 Å². The van der Waals surface area contributed by atoms with E-state index in [1.54, 1.807) is 36.4 Å². The molecule has 21 heavy (non-hydrogen) atoms. The Morgan fingerprint density at radius 3 is 2.14 bits per heavy atom. The van der Waals surface area contributed by atoms with Crippen LogP contribution < -0.4 is 14.2 Å². The molecule has 2 rings (SSSR count). The van der Waals surface area contributed by atoms with E-state index in [0.29, 0.717) is 22.3 Å². The molecule has 4 nitrogen and oxygen atoms in total. The van der Waals surface area contributed by atoms with Gasteiger partial charge in [-0.3, -0.25) is 0 Å². The average Bonchev–Trinajstić information content (AvgIpc) is 2.49. The van der Waals surface area contributed by atoms with Crippen LogP contribution in [0.15, 0.2) is 36.4 Å². The predicted molar refractivity (Wildman–Crippen MR) is 80.7 cm³/mol. The van der Waals surface area contributed by atoms with Gasteiger partial charge in [-0.2, -0.15) is 0 Å². The number of benzene rings is 2. The van der Waals surface area contributed by atoms with E-state index in [0.717, 1.165) is 5.56 Å². The lowest BCUT2D eigenvalue weighted by molar-refractivity contribution is 0.0726. The van der Waals surface area contributed by atoms with Crippen molar-refractivity contribution in [1.82, 2.24) is 0 Å². The molecule has 0 radical (unpaired) electrons. The maximum atomic E-state index is 12.4. The van der Waals surface area contributed by atoms with Crippen LogP contribution in [0, 0.1) is 6.92 Å². The monoisotopic (exact) mass is 306 g/mol. The van der Waals surface area contributed by atoms with Gasteiger partial charge in [0.05, 0.1) is 14.2 Å². The second-order valence-corrected chi connectivity index (χ2v) is 4.77. The lowest BCUT2D eigenvalue weighted by Crippen LogP contribution is -2.12. The molecule has 0 bridgehead atoms. The highest BCUT2D eigenvalue weighted by Crippen LogP contribution is 2.30. The smallest absolute Gasteiger partial charge is 0.351 e. The lowest BCUT2D eigenvalue weighted by Gasteiger charge is -2.13. The minimum atomic E-state index is -0.547. The maximum absolute atomic E-state index is 12.4. The summed E-state index contributed by atoms with van der Waals surface area (Å²) in [4.78, 5) is 12.4. The minimum Gasteiger partial charge on any atom is -0.496 e. The van der Waals surface area contributed by atoms with E-state index in [4.69, 9.17) is 25.8 Å². The lowest BCUT2D eigenvalue weighted by atomic mass is 10.1. The number of methoxy groups -OCH3 is 2. The van der Waals surface area contributed by atoms with Crippen LogP contribution in [0.1, 0.15) is 15.9 Å². The van der Waals surface area contributed by atoms with Gasteiger partial charge in [0.2, 0.25) is 0 Å². The van der Waals surface area contributed by atoms with E-state index in [-0.39, 0.29) is 5.56 Å². The molecule has 0 aliphatic rings. The molecule has 0 amide bonds. The van der Waals surface area contributed by atoms with Gasteiger partial charge in [0.15, 0.2) is 0 Å². The van der Waals surface area contributed by atoms with Crippen LogP contribution in [0.5, 0.6) is 17.2 Å². The Hall–Kier alpha value is -2.20. The molecule has 0 aliphatic carbocycles. The first kappa shape index (κ1) is 15.2. The number of ether oxygens (including phenoxy) is 3. The zero-order chi connectivity index (χ0) is 15.4. The fourth-order valence-electron chi connectivity index (χ4n) is 1.93. The molecule has 0 N–H and O–H groups in total. The second-order valence-electron chi connectivity index (χ2n) is 4.34. The van der Waals surface area contributed by atoms with Crippen LogP contribution in [-0.2, 0) is 0 Å². The number of esters is 1. The van der Waals surface area contributed by atoms with Crippen LogP contribution >= 0.6 is 11.6 Å². The van der Waals surface area contributed by atoms with Crippen LogP contribution in [0.2, 0.25) is 5.02 Å². The molecule has 0 fully saturated rings. The summed E-state index contributed by atoms with van der Waals surface area (Å²) in [6, 6.07) is 10.1. The van der Waals surface area contributed by atoms with E-state index in [2.05, 4.69) is 0 Å². The molecule has 0 heterocycles. The fraction of sp³-hybridized carbons (Fsp3) is 0.188. The zero-order valence-corrected chi connectivity index (χ0v) is 12.7. The highest BCUT2D eigenvalue weighted by atomic mass is 35.5. The summed E-state index contributed by atoms with van der Waals surface area (Å²) in [5.41, 5.74) is 1.02. The van der Waals surface area contributed by atoms with Gasteiger partial charge in [0, 0.05) is 5.02 Å². The van der Waals surface area contributed by atoms with Crippen molar-refractivity contribution in [3.63, 3.8) is 0 Å². The SMILES string of the molecule is COc1cccc(OC)c1C(=O)Oc1ccc(Cl)cc1C. The standard InChI is InChI=1S/C16H15ClO4/c1-10-9-11(17)7-8-12(10)21-16(18)15-13(19-2)5-4-6-14(15)20-3/h4-9H,1-3H3. The average molecular weight is 307 g/mol. The summed E-state index contributed by atoms with van der Waals surface area (Å²) in [6.07, 6.45) is 0. The Balaban J connectivity index is 2.36. The van der Waals surface area contributed by atoms with E-state index in [1.165, 1.54) is 14.2 Å².